The summed E-state index contributed by atoms with van der Waals surface area (Å²) >= 11 is 0. The van der Waals surface area contributed by atoms with Crippen LogP contribution in [-0.4, -0.2) is 11.3 Å². The zero-order valence-electron chi connectivity index (χ0n) is 6.33. The minimum Gasteiger partial charge on any atom is -0.366 e. The van der Waals surface area contributed by atoms with Crippen LogP contribution in [0.1, 0.15) is 12.0 Å². The monoisotopic (exact) mass is 161 g/mol. The Morgan fingerprint density at radius 2 is 2.42 bits per heavy atom. The Bertz CT molecular complexity index is 381. The number of aromatic nitrogens is 1. The fraction of sp³-hybridized carbons (Fsp3) is 0.111. The second-order valence-electron chi connectivity index (χ2n) is 2.09. The van der Waals surface area contributed by atoms with Crippen molar-refractivity contribution in [3.63, 3.8) is 0 Å². The van der Waals surface area contributed by atoms with E-state index >= 15 is 0 Å². The quantitative estimate of drug-likeness (QED) is 0.476. The number of hydrogen-bond donors (Lipinski definition) is 1. The summed E-state index contributed by atoms with van der Waals surface area (Å²) in [4.78, 5) is 23.6. The van der Waals surface area contributed by atoms with E-state index in [1.165, 1.54) is 18.5 Å². The molecule has 3 heteroatoms. The van der Waals surface area contributed by atoms with E-state index < -0.39 is 0 Å². The average Bonchev–Trinajstić information content (AvgIpc) is 2.09. The van der Waals surface area contributed by atoms with Gasteiger partial charge in [-0.05, 0) is 0 Å². The maximum atomic E-state index is 11.0. The highest BCUT2D eigenvalue weighted by Crippen LogP contribution is 1.83. The third-order valence-corrected chi connectivity index (χ3v) is 1.23. The Hall–Kier alpha value is -1.82. The van der Waals surface area contributed by atoms with Gasteiger partial charge in [-0.15, -0.1) is 0 Å². The number of aromatic amines is 1. The molecule has 1 aromatic heterocycles. The standard InChI is InChI=1S/C9H7NO2/c11-6-2-1-3-8-7-10-5-4-9(8)12/h4-7H,2H2,(H,10,12). The Balaban J connectivity index is 2.91. The molecule has 0 aliphatic rings. The van der Waals surface area contributed by atoms with Crippen LogP contribution in [-0.2, 0) is 4.79 Å². The van der Waals surface area contributed by atoms with Gasteiger partial charge in [-0.2, -0.15) is 0 Å². The summed E-state index contributed by atoms with van der Waals surface area (Å²) in [6.07, 6.45) is 3.91. The largest absolute Gasteiger partial charge is 0.366 e. The molecule has 1 heterocycles. The summed E-state index contributed by atoms with van der Waals surface area (Å²) in [5.74, 6) is 5.14. The lowest BCUT2D eigenvalue weighted by molar-refractivity contribution is -0.107. The highest BCUT2D eigenvalue weighted by Gasteiger charge is 1.89. The lowest BCUT2D eigenvalue weighted by atomic mass is 10.3. The second-order valence-corrected chi connectivity index (χ2v) is 2.09. The average molecular weight is 161 g/mol. The summed E-state index contributed by atoms with van der Waals surface area (Å²) in [5.41, 5.74) is 0.256. The van der Waals surface area contributed by atoms with Crippen molar-refractivity contribution in [3.8, 4) is 11.8 Å². The first-order valence-corrected chi connectivity index (χ1v) is 3.44. The fourth-order valence-electron chi connectivity index (χ4n) is 0.702. The molecule has 0 fully saturated rings. The maximum Gasteiger partial charge on any atom is 0.197 e. The van der Waals surface area contributed by atoms with Crippen LogP contribution in [0.2, 0.25) is 0 Å². The van der Waals surface area contributed by atoms with Gasteiger partial charge < -0.3 is 9.78 Å². The van der Waals surface area contributed by atoms with Gasteiger partial charge >= 0.3 is 0 Å². The number of carbonyl (C=O) groups excluding carboxylic acids is 1. The SMILES string of the molecule is O=CCC#Cc1c[nH]ccc1=O. The third-order valence-electron chi connectivity index (χ3n) is 1.23. The van der Waals surface area contributed by atoms with Crippen molar-refractivity contribution in [2.45, 2.75) is 6.42 Å². The molecule has 0 aliphatic heterocycles. The molecule has 60 valence electrons. The molecule has 0 aliphatic carbocycles. The van der Waals surface area contributed by atoms with Crippen LogP contribution < -0.4 is 5.43 Å². The molecule has 0 radical (unpaired) electrons. The van der Waals surface area contributed by atoms with Crippen LogP contribution in [0.5, 0.6) is 0 Å². The molecule has 0 amide bonds. The highest BCUT2D eigenvalue weighted by atomic mass is 16.1. The summed E-state index contributed by atoms with van der Waals surface area (Å²) in [5, 5.41) is 0. The summed E-state index contributed by atoms with van der Waals surface area (Å²) in [7, 11) is 0. The molecule has 0 aromatic carbocycles. The summed E-state index contributed by atoms with van der Waals surface area (Å²) < 4.78 is 0. The molecule has 12 heavy (non-hydrogen) atoms. The van der Waals surface area contributed by atoms with Gasteiger partial charge in [-0.1, -0.05) is 11.8 Å². The van der Waals surface area contributed by atoms with Crippen molar-refractivity contribution in [1.29, 1.82) is 0 Å². The van der Waals surface area contributed by atoms with Gasteiger partial charge in [0.05, 0.1) is 12.0 Å². The molecule has 0 unspecified atom stereocenters. The molecule has 3 nitrogen and oxygen atoms in total. The highest BCUT2D eigenvalue weighted by molar-refractivity contribution is 5.54. The van der Waals surface area contributed by atoms with Crippen molar-refractivity contribution in [3.05, 3.63) is 34.2 Å². The van der Waals surface area contributed by atoms with E-state index in [1.807, 2.05) is 0 Å². The van der Waals surface area contributed by atoms with Crippen molar-refractivity contribution < 1.29 is 4.79 Å². The second kappa shape index (κ2) is 4.14. The lowest BCUT2D eigenvalue weighted by Crippen LogP contribution is -2.02. The Labute approximate surface area is 69.4 Å². The molecule has 0 saturated carbocycles. The zero-order chi connectivity index (χ0) is 8.81. The van der Waals surface area contributed by atoms with Crippen molar-refractivity contribution >= 4 is 6.29 Å². The van der Waals surface area contributed by atoms with E-state index in [2.05, 4.69) is 16.8 Å². The number of carbonyl (C=O) groups is 1. The number of aldehydes is 1. The van der Waals surface area contributed by atoms with E-state index in [0.29, 0.717) is 11.8 Å². The number of rotatable bonds is 1. The Kier molecular flexibility index (Phi) is 2.86. The zero-order valence-corrected chi connectivity index (χ0v) is 6.33. The molecule has 0 atom stereocenters. The number of nitrogens with one attached hydrogen (secondary N) is 1. The Morgan fingerprint density at radius 3 is 3.08 bits per heavy atom. The first-order chi connectivity index (χ1) is 5.84. The van der Waals surface area contributed by atoms with Gasteiger partial charge in [0.15, 0.2) is 5.43 Å². The fourth-order valence-corrected chi connectivity index (χ4v) is 0.702. The van der Waals surface area contributed by atoms with Crippen LogP contribution in [0.25, 0.3) is 0 Å². The third kappa shape index (κ3) is 2.10. The van der Waals surface area contributed by atoms with Crippen LogP contribution in [0.4, 0.5) is 0 Å². The molecule has 1 rings (SSSR count). The normalized spacial score (nSPS) is 8.33. The van der Waals surface area contributed by atoms with Gasteiger partial charge in [0.25, 0.3) is 0 Å². The van der Waals surface area contributed by atoms with Crippen LogP contribution in [0.3, 0.4) is 0 Å². The van der Waals surface area contributed by atoms with Gasteiger partial charge in [-0.25, -0.2) is 0 Å². The lowest BCUT2D eigenvalue weighted by Gasteiger charge is -1.84. The van der Waals surface area contributed by atoms with Gasteiger partial charge in [-0.3, -0.25) is 4.79 Å². The van der Waals surface area contributed by atoms with Crippen LogP contribution in [0, 0.1) is 11.8 Å². The van der Waals surface area contributed by atoms with E-state index in [0.717, 1.165) is 0 Å². The van der Waals surface area contributed by atoms with Gasteiger partial charge in [0, 0.05) is 18.5 Å². The molecule has 1 aromatic rings. The summed E-state index contributed by atoms with van der Waals surface area (Å²) in [6, 6.07) is 1.39. The van der Waals surface area contributed by atoms with E-state index in [9.17, 15) is 9.59 Å². The number of pyridine rings is 1. The topological polar surface area (TPSA) is 49.9 Å². The van der Waals surface area contributed by atoms with Gasteiger partial charge in [0.2, 0.25) is 0 Å². The number of H-pyrrole nitrogens is 1. The van der Waals surface area contributed by atoms with Crippen molar-refractivity contribution in [2.24, 2.45) is 0 Å². The number of hydrogen-bond acceptors (Lipinski definition) is 2. The maximum absolute atomic E-state index is 11.0. The van der Waals surface area contributed by atoms with Crippen molar-refractivity contribution in [2.75, 3.05) is 0 Å². The minimum atomic E-state index is -0.132. The van der Waals surface area contributed by atoms with Gasteiger partial charge in [0.1, 0.15) is 6.29 Å². The first kappa shape index (κ1) is 8.28. The molecule has 0 spiro atoms. The van der Waals surface area contributed by atoms with E-state index in [-0.39, 0.29) is 11.8 Å². The smallest absolute Gasteiger partial charge is 0.197 e. The van der Waals surface area contributed by atoms with E-state index in [1.54, 1.807) is 0 Å². The van der Waals surface area contributed by atoms with Crippen molar-refractivity contribution in [1.82, 2.24) is 4.98 Å². The minimum absolute atomic E-state index is 0.132. The first-order valence-electron chi connectivity index (χ1n) is 3.44. The predicted molar refractivity (Wildman–Crippen MR) is 44.6 cm³/mol. The van der Waals surface area contributed by atoms with Crippen LogP contribution in [0.15, 0.2) is 23.3 Å². The van der Waals surface area contributed by atoms with Crippen LogP contribution >= 0.6 is 0 Å². The molecule has 0 bridgehead atoms. The molecular formula is C9H7NO2. The molecule has 0 saturated heterocycles. The summed E-state index contributed by atoms with van der Waals surface area (Å²) in [6.45, 7) is 0. The molecular weight excluding hydrogens is 154 g/mol. The Morgan fingerprint density at radius 1 is 1.58 bits per heavy atom. The predicted octanol–water partition coefficient (Wildman–Crippen LogP) is 0.315. The molecule has 1 N–H and O–H groups in total. The van der Waals surface area contributed by atoms with E-state index in [4.69, 9.17) is 0 Å².